The van der Waals surface area contributed by atoms with Crippen molar-refractivity contribution in [2.45, 2.75) is 19.4 Å². The summed E-state index contributed by atoms with van der Waals surface area (Å²) in [6.45, 7) is 2.20. The molecule has 7 nitrogen and oxygen atoms in total. The van der Waals surface area contributed by atoms with Gasteiger partial charge in [-0.3, -0.25) is 19.1 Å². The van der Waals surface area contributed by atoms with Crippen LogP contribution in [0.15, 0.2) is 63.7 Å². The summed E-state index contributed by atoms with van der Waals surface area (Å²) in [7, 11) is 1.57. The van der Waals surface area contributed by atoms with Crippen LogP contribution in [0.2, 0.25) is 0 Å². The zero-order chi connectivity index (χ0) is 21.0. The normalized spacial score (nSPS) is 16.6. The number of rotatable bonds is 3. The Kier molecular flexibility index (Phi) is 3.99. The highest BCUT2D eigenvalue weighted by Crippen LogP contribution is 2.48. The molecular weight excluding hydrogens is 382 g/mol. The number of aromatic nitrogens is 2. The number of benzene rings is 2. The number of ketones is 1. The fourth-order valence-corrected chi connectivity index (χ4v) is 4.42. The number of hydrogen-bond donors (Lipinski definition) is 2. The van der Waals surface area contributed by atoms with Gasteiger partial charge in [-0.1, -0.05) is 36.4 Å². The Morgan fingerprint density at radius 1 is 1.03 bits per heavy atom. The van der Waals surface area contributed by atoms with Crippen molar-refractivity contribution in [2.75, 3.05) is 12.4 Å². The molecular formula is C23H19N3O4. The lowest BCUT2D eigenvalue weighted by molar-refractivity contribution is 0.103. The highest BCUT2D eigenvalue weighted by atomic mass is 16.5. The van der Waals surface area contributed by atoms with Gasteiger partial charge in [0, 0.05) is 29.2 Å². The van der Waals surface area contributed by atoms with Gasteiger partial charge in [-0.25, -0.2) is 4.79 Å². The number of methoxy groups -OCH3 is 1. The fourth-order valence-electron chi connectivity index (χ4n) is 4.42. The van der Waals surface area contributed by atoms with Crippen LogP contribution in [0.4, 0.5) is 5.82 Å². The van der Waals surface area contributed by atoms with Crippen molar-refractivity contribution in [3.8, 4) is 5.75 Å². The molecule has 30 heavy (non-hydrogen) atoms. The number of fused-ring (bicyclic) bond motifs is 3. The van der Waals surface area contributed by atoms with Crippen LogP contribution in [-0.2, 0) is 6.54 Å². The smallest absolute Gasteiger partial charge is 0.329 e. The van der Waals surface area contributed by atoms with Crippen LogP contribution in [-0.4, -0.2) is 22.4 Å². The summed E-state index contributed by atoms with van der Waals surface area (Å²) in [6.07, 6.45) is 0. The average molecular weight is 401 g/mol. The first-order valence-electron chi connectivity index (χ1n) is 9.71. The molecule has 2 heterocycles. The van der Waals surface area contributed by atoms with Gasteiger partial charge in [0.05, 0.1) is 18.4 Å². The number of carbonyl (C=O) groups excluding carboxylic acids is 1. The van der Waals surface area contributed by atoms with E-state index >= 15 is 0 Å². The third-order valence-corrected chi connectivity index (χ3v) is 5.75. The molecule has 0 fully saturated rings. The van der Waals surface area contributed by atoms with Gasteiger partial charge in [0.2, 0.25) is 0 Å². The summed E-state index contributed by atoms with van der Waals surface area (Å²) in [4.78, 5) is 41.2. The second kappa shape index (κ2) is 6.59. The lowest BCUT2D eigenvalue weighted by atomic mass is 9.81. The number of hydrogen-bond acceptors (Lipinski definition) is 5. The fraction of sp³-hybridized carbons (Fsp3) is 0.174. The van der Waals surface area contributed by atoms with Crippen molar-refractivity contribution in [1.29, 1.82) is 0 Å². The summed E-state index contributed by atoms with van der Waals surface area (Å²) < 4.78 is 6.86. The molecule has 3 aromatic rings. The lowest BCUT2D eigenvalue weighted by Crippen LogP contribution is -2.38. The lowest BCUT2D eigenvalue weighted by Gasteiger charge is -2.29. The Bertz CT molecular complexity index is 1360. The number of carbonyl (C=O) groups is 1. The highest BCUT2D eigenvalue weighted by Gasteiger charge is 2.42. The van der Waals surface area contributed by atoms with Crippen molar-refractivity contribution in [3.63, 3.8) is 0 Å². The molecule has 1 unspecified atom stereocenters. The second-order valence-electron chi connectivity index (χ2n) is 7.26. The van der Waals surface area contributed by atoms with E-state index in [4.69, 9.17) is 4.74 Å². The van der Waals surface area contributed by atoms with Crippen molar-refractivity contribution in [1.82, 2.24) is 9.55 Å². The predicted octanol–water partition coefficient (Wildman–Crippen LogP) is 2.73. The first kappa shape index (κ1) is 18.2. The number of nitrogens with zero attached hydrogens (tertiary/aromatic N) is 1. The average Bonchev–Trinajstić information content (AvgIpc) is 3.05. The predicted molar refractivity (Wildman–Crippen MR) is 113 cm³/mol. The van der Waals surface area contributed by atoms with Crippen LogP contribution >= 0.6 is 0 Å². The van der Waals surface area contributed by atoms with Gasteiger partial charge < -0.3 is 10.1 Å². The van der Waals surface area contributed by atoms with Gasteiger partial charge >= 0.3 is 5.69 Å². The van der Waals surface area contributed by atoms with E-state index in [0.29, 0.717) is 40.5 Å². The standard InChI is InChI=1S/C23H19N3O4/c1-3-26-21-18(22(28)25-23(26)29)16(12-7-6-8-13(11-12)30-2)17-19(24-21)14-9-4-5-10-15(14)20(17)27/h4-11,16,24H,3H2,1-2H3,(H,25,28,29). The summed E-state index contributed by atoms with van der Waals surface area (Å²) in [6, 6.07) is 14.7. The van der Waals surface area contributed by atoms with Gasteiger partial charge in [0.15, 0.2) is 5.78 Å². The summed E-state index contributed by atoms with van der Waals surface area (Å²) in [5.74, 6) is 0.286. The largest absolute Gasteiger partial charge is 0.497 e. The maximum atomic E-state index is 13.4. The minimum absolute atomic E-state index is 0.125. The van der Waals surface area contributed by atoms with E-state index in [1.165, 1.54) is 4.57 Å². The molecule has 7 heteroatoms. The Morgan fingerprint density at radius 3 is 2.53 bits per heavy atom. The number of ether oxygens (including phenoxy) is 1. The minimum atomic E-state index is -0.631. The number of aromatic amines is 1. The summed E-state index contributed by atoms with van der Waals surface area (Å²) >= 11 is 0. The van der Waals surface area contributed by atoms with E-state index in [1.54, 1.807) is 13.2 Å². The van der Waals surface area contributed by atoms with Crippen molar-refractivity contribution < 1.29 is 9.53 Å². The maximum Gasteiger partial charge on any atom is 0.329 e. The zero-order valence-corrected chi connectivity index (χ0v) is 16.5. The van der Waals surface area contributed by atoms with E-state index in [-0.39, 0.29) is 5.78 Å². The molecule has 5 rings (SSSR count). The second-order valence-corrected chi connectivity index (χ2v) is 7.26. The molecule has 0 bridgehead atoms. The minimum Gasteiger partial charge on any atom is -0.497 e. The van der Waals surface area contributed by atoms with Gasteiger partial charge in [0.25, 0.3) is 5.56 Å². The summed E-state index contributed by atoms with van der Waals surface area (Å²) in [5.41, 5.74) is 2.60. The Balaban J connectivity index is 1.87. The van der Waals surface area contributed by atoms with Gasteiger partial charge in [-0.2, -0.15) is 0 Å². The Labute approximate surface area is 171 Å². The molecule has 1 aromatic heterocycles. The Hall–Kier alpha value is -3.87. The third-order valence-electron chi connectivity index (χ3n) is 5.75. The number of allylic oxidation sites excluding steroid dienone is 1. The molecule has 0 saturated heterocycles. The number of anilines is 1. The Morgan fingerprint density at radius 2 is 1.80 bits per heavy atom. The van der Waals surface area contributed by atoms with Crippen molar-refractivity contribution in [3.05, 3.63) is 97.2 Å². The van der Waals surface area contributed by atoms with Crippen molar-refractivity contribution >= 4 is 17.3 Å². The molecule has 1 atom stereocenters. The van der Waals surface area contributed by atoms with E-state index in [2.05, 4.69) is 10.3 Å². The van der Waals surface area contributed by atoms with Crippen LogP contribution in [0.1, 0.15) is 39.9 Å². The van der Waals surface area contributed by atoms with E-state index in [1.807, 2.05) is 49.4 Å². The monoisotopic (exact) mass is 401 g/mol. The molecule has 2 aromatic carbocycles. The highest BCUT2D eigenvalue weighted by molar-refractivity contribution is 6.23. The molecule has 0 amide bonds. The number of Topliss-reactive ketones (excluding diaryl/α,β-unsaturated/α-hetero) is 1. The van der Waals surface area contributed by atoms with Crippen LogP contribution in [0.3, 0.4) is 0 Å². The zero-order valence-electron chi connectivity index (χ0n) is 16.5. The van der Waals surface area contributed by atoms with Crippen LogP contribution in [0.25, 0.3) is 5.70 Å². The molecule has 0 spiro atoms. The van der Waals surface area contributed by atoms with E-state index in [0.717, 1.165) is 11.1 Å². The SMILES string of the molecule is CCn1c2c(c(=O)[nH]c1=O)C(c1cccc(OC)c1)C1=C(N2)c2ccccc2C1=O. The number of H-pyrrole nitrogens is 1. The van der Waals surface area contributed by atoms with Crippen LogP contribution in [0.5, 0.6) is 5.75 Å². The van der Waals surface area contributed by atoms with E-state index < -0.39 is 17.2 Å². The molecule has 1 aliphatic heterocycles. The van der Waals surface area contributed by atoms with Crippen LogP contribution in [0, 0.1) is 0 Å². The summed E-state index contributed by atoms with van der Waals surface area (Å²) in [5, 5.41) is 3.25. The molecule has 150 valence electrons. The quantitative estimate of drug-likeness (QED) is 0.704. The van der Waals surface area contributed by atoms with Crippen LogP contribution < -0.4 is 21.3 Å². The first-order chi connectivity index (χ1) is 14.5. The van der Waals surface area contributed by atoms with Gasteiger partial charge in [-0.05, 0) is 24.6 Å². The number of nitrogens with one attached hydrogen (secondary N) is 2. The van der Waals surface area contributed by atoms with E-state index in [9.17, 15) is 14.4 Å². The first-order valence-corrected chi connectivity index (χ1v) is 9.71. The molecule has 2 aliphatic rings. The van der Waals surface area contributed by atoms with Crippen molar-refractivity contribution in [2.24, 2.45) is 0 Å². The van der Waals surface area contributed by atoms with Gasteiger partial charge in [0.1, 0.15) is 11.6 Å². The third kappa shape index (κ3) is 2.41. The molecule has 0 saturated carbocycles. The molecule has 1 aliphatic carbocycles. The molecule has 2 N–H and O–H groups in total. The molecule has 0 radical (unpaired) electrons. The van der Waals surface area contributed by atoms with Gasteiger partial charge in [-0.15, -0.1) is 0 Å². The maximum absolute atomic E-state index is 13.4. The topological polar surface area (TPSA) is 93.2 Å².